The van der Waals surface area contributed by atoms with Crippen LogP contribution in [0.1, 0.15) is 46.5 Å². The zero-order valence-corrected chi connectivity index (χ0v) is 12.9. The molecule has 16 heavy (non-hydrogen) atoms. The van der Waals surface area contributed by atoms with Gasteiger partial charge < -0.3 is 4.74 Å². The van der Waals surface area contributed by atoms with Crippen LogP contribution in [0.3, 0.4) is 0 Å². The molecule has 2 heteroatoms. The van der Waals surface area contributed by atoms with E-state index in [0.717, 1.165) is 12.8 Å². The Morgan fingerprint density at radius 2 is 1.75 bits per heavy atom. The number of hydrogen-bond acceptors (Lipinski definition) is 1. The molecule has 1 rings (SSSR count). The Kier molecular flexibility index (Phi) is 4.41. The molecule has 1 atom stereocenters. The van der Waals surface area contributed by atoms with Crippen LogP contribution in [0.25, 0.3) is 0 Å². The summed E-state index contributed by atoms with van der Waals surface area (Å²) in [5.41, 5.74) is 0.0737. The summed E-state index contributed by atoms with van der Waals surface area (Å²) in [7, 11) is -1.24. The molecule has 0 amide bonds. The van der Waals surface area contributed by atoms with Gasteiger partial charge >= 0.3 is 0 Å². The van der Waals surface area contributed by atoms with E-state index >= 15 is 0 Å². The minimum Gasteiger partial charge on any atom is -0.364 e. The van der Waals surface area contributed by atoms with E-state index in [1.165, 1.54) is 12.8 Å². The summed E-state index contributed by atoms with van der Waals surface area (Å²) in [6, 6.07) is 0. The van der Waals surface area contributed by atoms with E-state index in [-0.39, 0.29) is 5.60 Å². The molecule has 0 aliphatic carbocycles. The molecule has 0 fully saturated rings. The van der Waals surface area contributed by atoms with Crippen molar-refractivity contribution in [2.75, 3.05) is 0 Å². The lowest BCUT2D eigenvalue weighted by Crippen LogP contribution is -2.41. The van der Waals surface area contributed by atoms with Gasteiger partial charge in [-0.3, -0.25) is 0 Å². The smallest absolute Gasteiger partial charge is 0.0860 e. The molecule has 0 bridgehead atoms. The lowest BCUT2D eigenvalue weighted by molar-refractivity contribution is -0.0343. The van der Waals surface area contributed by atoms with Gasteiger partial charge in [0.2, 0.25) is 0 Å². The second-order valence-corrected chi connectivity index (χ2v) is 11.0. The zero-order valence-electron chi connectivity index (χ0n) is 11.9. The van der Waals surface area contributed by atoms with Crippen LogP contribution in [0, 0.1) is 0 Å². The molecule has 1 aliphatic rings. The first-order chi connectivity index (χ1) is 7.39. The average Bonchev–Trinajstić information content (AvgIpc) is 2.58. The fourth-order valence-electron chi connectivity index (χ4n) is 2.88. The van der Waals surface area contributed by atoms with Gasteiger partial charge in [0, 0.05) is 0 Å². The van der Waals surface area contributed by atoms with E-state index < -0.39 is 8.07 Å². The molecule has 0 radical (unpaired) electrons. The maximum atomic E-state index is 6.37. The quantitative estimate of drug-likeness (QED) is 0.641. The van der Waals surface area contributed by atoms with Crippen molar-refractivity contribution < 1.29 is 4.74 Å². The van der Waals surface area contributed by atoms with E-state index in [0.29, 0.717) is 6.10 Å². The summed E-state index contributed by atoms with van der Waals surface area (Å²) < 4.78 is 6.37. The summed E-state index contributed by atoms with van der Waals surface area (Å²) >= 11 is 0. The van der Waals surface area contributed by atoms with Crippen molar-refractivity contribution in [3.63, 3.8) is 0 Å². The third-order valence-corrected chi connectivity index (χ3v) is 5.98. The maximum absolute atomic E-state index is 6.37. The Labute approximate surface area is 102 Å². The maximum Gasteiger partial charge on any atom is 0.0860 e. The molecule has 0 N–H and O–H groups in total. The predicted molar refractivity (Wildman–Crippen MR) is 74.5 cm³/mol. The summed E-state index contributed by atoms with van der Waals surface area (Å²) in [6.07, 6.45) is 7.48. The lowest BCUT2D eigenvalue weighted by atomic mass is 9.97. The summed E-state index contributed by atoms with van der Waals surface area (Å²) in [6.45, 7) is 14.1. The van der Waals surface area contributed by atoms with Crippen LogP contribution in [0.2, 0.25) is 19.6 Å². The number of rotatable bonds is 5. The van der Waals surface area contributed by atoms with Crippen molar-refractivity contribution in [3.05, 3.63) is 11.3 Å². The summed E-state index contributed by atoms with van der Waals surface area (Å²) in [5.74, 6) is 0. The van der Waals surface area contributed by atoms with Gasteiger partial charge in [-0.25, -0.2) is 0 Å². The van der Waals surface area contributed by atoms with Gasteiger partial charge in [0.15, 0.2) is 0 Å². The third-order valence-electron chi connectivity index (χ3n) is 3.74. The first-order valence-electron chi connectivity index (χ1n) is 6.80. The van der Waals surface area contributed by atoms with Crippen LogP contribution >= 0.6 is 0 Å². The molecule has 1 unspecified atom stereocenters. The van der Waals surface area contributed by atoms with Gasteiger partial charge in [-0.05, 0) is 19.3 Å². The highest BCUT2D eigenvalue weighted by Crippen LogP contribution is 2.42. The van der Waals surface area contributed by atoms with Crippen molar-refractivity contribution in [2.45, 2.75) is 77.8 Å². The Morgan fingerprint density at radius 3 is 2.06 bits per heavy atom. The zero-order chi connectivity index (χ0) is 12.4. The molecule has 1 nitrogen and oxygen atoms in total. The van der Waals surface area contributed by atoms with Crippen molar-refractivity contribution in [2.24, 2.45) is 0 Å². The molecule has 0 aromatic rings. The van der Waals surface area contributed by atoms with Gasteiger partial charge in [0.1, 0.15) is 0 Å². The largest absolute Gasteiger partial charge is 0.364 e. The minimum atomic E-state index is -1.24. The molecule has 0 saturated heterocycles. The second kappa shape index (κ2) is 5.05. The minimum absolute atomic E-state index is 0.0737. The molecule has 0 aromatic heterocycles. The SMILES string of the molecule is CCCC1C=C([Si](C)(C)C)C(CC)(CC)O1. The highest BCUT2D eigenvalue weighted by atomic mass is 28.3. The van der Waals surface area contributed by atoms with Crippen molar-refractivity contribution >= 4 is 8.07 Å². The average molecular weight is 240 g/mol. The van der Waals surface area contributed by atoms with Gasteiger partial charge in [0.25, 0.3) is 0 Å². The molecule has 1 heterocycles. The summed E-state index contributed by atoms with van der Waals surface area (Å²) in [5, 5.41) is 1.66. The van der Waals surface area contributed by atoms with Crippen LogP contribution in [0.4, 0.5) is 0 Å². The van der Waals surface area contributed by atoms with E-state index in [1.807, 2.05) is 0 Å². The topological polar surface area (TPSA) is 9.23 Å². The fourth-order valence-corrected chi connectivity index (χ4v) is 5.35. The second-order valence-electron chi connectivity index (χ2n) is 5.98. The van der Waals surface area contributed by atoms with Crippen LogP contribution in [-0.2, 0) is 4.74 Å². The molecule has 0 saturated carbocycles. The monoisotopic (exact) mass is 240 g/mol. The molecular formula is C14H28OSi. The van der Waals surface area contributed by atoms with Crippen LogP contribution in [0.15, 0.2) is 11.3 Å². The van der Waals surface area contributed by atoms with Crippen molar-refractivity contribution in [3.8, 4) is 0 Å². The van der Waals surface area contributed by atoms with E-state index in [9.17, 15) is 0 Å². The Morgan fingerprint density at radius 1 is 1.19 bits per heavy atom. The Bertz CT molecular complexity index is 258. The van der Waals surface area contributed by atoms with E-state index in [1.54, 1.807) is 5.20 Å². The van der Waals surface area contributed by atoms with E-state index in [4.69, 9.17) is 4.74 Å². The third kappa shape index (κ3) is 2.59. The van der Waals surface area contributed by atoms with Crippen molar-refractivity contribution in [1.82, 2.24) is 0 Å². The van der Waals surface area contributed by atoms with Crippen LogP contribution < -0.4 is 0 Å². The fraction of sp³-hybridized carbons (Fsp3) is 0.857. The predicted octanol–water partition coefficient (Wildman–Crippen LogP) is 4.55. The molecular weight excluding hydrogens is 212 g/mol. The highest BCUT2D eigenvalue weighted by Gasteiger charge is 2.44. The molecule has 0 spiro atoms. The first-order valence-corrected chi connectivity index (χ1v) is 10.3. The summed E-state index contributed by atoms with van der Waals surface area (Å²) in [4.78, 5) is 0. The van der Waals surface area contributed by atoms with Gasteiger partial charge in [-0.1, -0.05) is 58.1 Å². The molecule has 1 aliphatic heterocycles. The van der Waals surface area contributed by atoms with Gasteiger partial charge in [0.05, 0.1) is 19.8 Å². The van der Waals surface area contributed by atoms with Gasteiger partial charge in [-0.2, -0.15) is 0 Å². The number of hydrogen-bond donors (Lipinski definition) is 0. The van der Waals surface area contributed by atoms with Crippen LogP contribution in [0.5, 0.6) is 0 Å². The normalized spacial score (nSPS) is 24.6. The standard InChI is InChI=1S/C14H28OSi/c1-7-10-12-11-13(16(4,5)6)14(8-2,9-3)15-12/h11-12H,7-10H2,1-6H3. The number of ether oxygens (including phenoxy) is 1. The van der Waals surface area contributed by atoms with Gasteiger partial charge in [-0.15, -0.1) is 0 Å². The highest BCUT2D eigenvalue weighted by molar-refractivity contribution is 6.83. The Balaban J connectivity index is 3.00. The Hall–Kier alpha value is -0.0831. The van der Waals surface area contributed by atoms with E-state index in [2.05, 4.69) is 46.5 Å². The van der Waals surface area contributed by atoms with Crippen LogP contribution in [-0.4, -0.2) is 19.8 Å². The first kappa shape index (κ1) is 14.0. The molecule has 0 aromatic carbocycles. The van der Waals surface area contributed by atoms with Crippen molar-refractivity contribution in [1.29, 1.82) is 0 Å². The lowest BCUT2D eigenvalue weighted by Gasteiger charge is -2.36. The molecule has 94 valence electrons.